The number of allylic oxidation sites excluding steroid dienone is 4. The van der Waals surface area contributed by atoms with Crippen LogP contribution in [0.2, 0.25) is 0 Å². The fraction of sp³-hybridized carbons (Fsp3) is 0.485. The maximum absolute atomic E-state index is 13.0. The molecule has 4 aliphatic carbocycles. The van der Waals surface area contributed by atoms with E-state index in [1.54, 1.807) is 0 Å². The molecule has 0 saturated heterocycles. The summed E-state index contributed by atoms with van der Waals surface area (Å²) in [6.45, 7) is 4.85. The number of nitrogens with one attached hydrogen (secondary N) is 2. The summed E-state index contributed by atoms with van der Waals surface area (Å²) in [5.74, 6) is 2.31. The smallest absolute Gasteiger partial charge is 0.139 e. The van der Waals surface area contributed by atoms with Crippen LogP contribution in [0.1, 0.15) is 52.4 Å². The maximum atomic E-state index is 13.0. The van der Waals surface area contributed by atoms with E-state index in [9.17, 15) is 4.79 Å². The molecule has 3 nitrogen and oxygen atoms in total. The van der Waals surface area contributed by atoms with Crippen LogP contribution in [0.25, 0.3) is 0 Å². The molecule has 0 spiro atoms. The molecule has 1 unspecified atom stereocenters. The van der Waals surface area contributed by atoms with Crippen LogP contribution < -0.4 is 10.6 Å². The highest BCUT2D eigenvalue weighted by molar-refractivity contribution is 8.03. The van der Waals surface area contributed by atoms with E-state index in [-0.39, 0.29) is 10.8 Å². The zero-order chi connectivity index (χ0) is 26.5. The SMILES string of the molecule is CNc1ccccc1SC1=CC2=CC[C@H]3[C@@H]4CCC(=O)[C@@]4(C)CC[C@@H]3[C@@]2(C)C(Sc2ccccc2NC)C1. The highest BCUT2D eigenvalue weighted by Crippen LogP contribution is 2.66. The number of hydrogen-bond acceptors (Lipinski definition) is 5. The number of carbonyl (C=O) groups is 1. The summed E-state index contributed by atoms with van der Waals surface area (Å²) in [5, 5.41) is 7.25. The van der Waals surface area contributed by atoms with Gasteiger partial charge >= 0.3 is 0 Å². The van der Waals surface area contributed by atoms with Crippen molar-refractivity contribution in [2.24, 2.45) is 28.6 Å². The molecule has 2 N–H and O–H groups in total. The second kappa shape index (κ2) is 10.1. The first-order chi connectivity index (χ1) is 18.4. The van der Waals surface area contributed by atoms with Crippen LogP contribution in [0.15, 0.2) is 81.0 Å². The minimum Gasteiger partial charge on any atom is -0.387 e. The van der Waals surface area contributed by atoms with Gasteiger partial charge in [0.25, 0.3) is 0 Å². The van der Waals surface area contributed by atoms with Crippen molar-refractivity contribution in [3.05, 3.63) is 71.2 Å². The summed E-state index contributed by atoms with van der Waals surface area (Å²) in [6, 6.07) is 17.4. The normalized spacial score (nSPS) is 33.9. The summed E-state index contributed by atoms with van der Waals surface area (Å²) in [5.41, 5.74) is 3.93. The Bertz CT molecular complexity index is 1300. The second-order valence-corrected chi connectivity index (χ2v) is 14.4. The molecule has 2 saturated carbocycles. The first-order valence-corrected chi connectivity index (χ1v) is 15.9. The number of para-hydroxylation sites is 2. The zero-order valence-electron chi connectivity index (χ0n) is 23.1. The molecular formula is C33H40N2OS2. The zero-order valence-corrected chi connectivity index (χ0v) is 24.7. The van der Waals surface area contributed by atoms with Crippen molar-refractivity contribution in [3.63, 3.8) is 0 Å². The highest BCUT2D eigenvalue weighted by atomic mass is 32.2. The highest BCUT2D eigenvalue weighted by Gasteiger charge is 2.60. The number of carbonyl (C=O) groups excluding carboxylic acids is 1. The third-order valence-corrected chi connectivity index (χ3v) is 13.0. The van der Waals surface area contributed by atoms with E-state index in [2.05, 4.69) is 96.9 Å². The molecule has 4 aliphatic rings. The van der Waals surface area contributed by atoms with Crippen LogP contribution in [0.3, 0.4) is 0 Å². The van der Waals surface area contributed by atoms with E-state index in [0.29, 0.717) is 28.8 Å². The van der Waals surface area contributed by atoms with E-state index in [0.717, 1.165) is 32.1 Å². The summed E-state index contributed by atoms with van der Waals surface area (Å²) < 4.78 is 0. The van der Waals surface area contributed by atoms with Crippen LogP contribution in [0, 0.1) is 28.6 Å². The molecule has 0 bridgehead atoms. The second-order valence-electron chi connectivity index (χ2n) is 12.0. The van der Waals surface area contributed by atoms with Crippen molar-refractivity contribution < 1.29 is 4.79 Å². The lowest BCUT2D eigenvalue weighted by Gasteiger charge is -2.58. The molecule has 2 fully saturated rings. The Balaban J connectivity index is 1.40. The molecule has 0 amide bonds. The molecule has 6 rings (SSSR count). The summed E-state index contributed by atoms with van der Waals surface area (Å²) >= 11 is 3.99. The van der Waals surface area contributed by atoms with Gasteiger partial charge in [-0.15, -0.1) is 11.8 Å². The van der Waals surface area contributed by atoms with Crippen molar-refractivity contribution in [2.45, 2.75) is 67.4 Å². The van der Waals surface area contributed by atoms with Crippen LogP contribution in [-0.2, 0) is 4.79 Å². The predicted molar refractivity (Wildman–Crippen MR) is 163 cm³/mol. The molecule has 0 heterocycles. The summed E-state index contributed by atoms with van der Waals surface area (Å²) in [7, 11) is 4.03. The lowest BCUT2D eigenvalue weighted by molar-refractivity contribution is -0.131. The van der Waals surface area contributed by atoms with Crippen LogP contribution >= 0.6 is 23.5 Å². The van der Waals surface area contributed by atoms with Gasteiger partial charge in [0, 0.05) is 57.8 Å². The molecule has 0 aromatic heterocycles. The van der Waals surface area contributed by atoms with Crippen molar-refractivity contribution in [3.8, 4) is 0 Å². The number of hydrogen-bond donors (Lipinski definition) is 2. The van der Waals surface area contributed by atoms with Crippen molar-refractivity contribution in [1.29, 1.82) is 0 Å². The fourth-order valence-corrected chi connectivity index (χ4v) is 11.0. The van der Waals surface area contributed by atoms with Gasteiger partial charge in [-0.1, -0.05) is 56.0 Å². The van der Waals surface area contributed by atoms with Crippen molar-refractivity contribution >= 4 is 40.7 Å². The Morgan fingerprint density at radius 1 is 0.895 bits per heavy atom. The first kappa shape index (κ1) is 26.1. The Morgan fingerprint density at radius 3 is 2.32 bits per heavy atom. The van der Waals surface area contributed by atoms with E-state index in [1.165, 1.54) is 38.1 Å². The third-order valence-electron chi connectivity index (χ3n) is 10.3. The maximum Gasteiger partial charge on any atom is 0.139 e. The van der Waals surface area contributed by atoms with Crippen molar-refractivity contribution in [1.82, 2.24) is 0 Å². The van der Waals surface area contributed by atoms with Crippen LogP contribution in [-0.4, -0.2) is 25.1 Å². The van der Waals surface area contributed by atoms with Gasteiger partial charge in [-0.2, -0.15) is 0 Å². The Labute approximate surface area is 236 Å². The topological polar surface area (TPSA) is 41.1 Å². The lowest BCUT2D eigenvalue weighted by Crippen LogP contribution is -2.53. The van der Waals surface area contributed by atoms with Gasteiger partial charge in [0.05, 0.1) is 0 Å². The Hall–Kier alpha value is -2.11. The summed E-state index contributed by atoms with van der Waals surface area (Å²) in [4.78, 5) is 17.0. The minimum atomic E-state index is -0.0907. The standard InChI is InChI=1S/C33H40N2OS2/c1-32-18-17-25-23(24(32)15-16-30(32)36)14-13-21-19-22(37-28-11-7-5-9-26(28)34-3)20-31(33(21,25)2)38-29-12-8-6-10-27(29)35-4/h5-13,19,23-25,31,34-35H,14-18,20H2,1-4H3/t23-,24-,25-,31?,32-,33-/m0/s1. The number of thioether (sulfide) groups is 2. The van der Waals surface area contributed by atoms with Gasteiger partial charge < -0.3 is 10.6 Å². The molecule has 6 atom stereocenters. The number of fused-ring (bicyclic) bond motifs is 5. The lowest BCUT2D eigenvalue weighted by atomic mass is 9.48. The van der Waals surface area contributed by atoms with Crippen molar-refractivity contribution in [2.75, 3.05) is 24.7 Å². The number of ketones is 1. The van der Waals surface area contributed by atoms with E-state index in [4.69, 9.17) is 0 Å². The molecular weight excluding hydrogens is 505 g/mol. The largest absolute Gasteiger partial charge is 0.387 e. The predicted octanol–water partition coefficient (Wildman–Crippen LogP) is 8.66. The average Bonchev–Trinajstić information content (AvgIpc) is 3.24. The van der Waals surface area contributed by atoms with Gasteiger partial charge in [-0.05, 0) is 90.7 Å². The van der Waals surface area contributed by atoms with Gasteiger partial charge in [-0.25, -0.2) is 0 Å². The van der Waals surface area contributed by atoms with E-state index >= 15 is 0 Å². The van der Waals surface area contributed by atoms with Crippen LogP contribution in [0.5, 0.6) is 0 Å². The fourth-order valence-electron chi connectivity index (χ4n) is 8.16. The van der Waals surface area contributed by atoms with Gasteiger partial charge in [-0.3, -0.25) is 4.79 Å². The number of Topliss-reactive ketones (excluding diaryl/α,β-unsaturated/α-hetero) is 1. The van der Waals surface area contributed by atoms with E-state index < -0.39 is 0 Å². The van der Waals surface area contributed by atoms with Gasteiger partial charge in [0.1, 0.15) is 5.78 Å². The molecule has 2 aromatic rings. The molecule has 200 valence electrons. The molecule has 2 aromatic carbocycles. The monoisotopic (exact) mass is 544 g/mol. The Morgan fingerprint density at radius 2 is 1.58 bits per heavy atom. The average molecular weight is 545 g/mol. The molecule has 5 heteroatoms. The summed E-state index contributed by atoms with van der Waals surface area (Å²) in [6.07, 6.45) is 11.4. The minimum absolute atomic E-state index is 0.0907. The molecule has 38 heavy (non-hydrogen) atoms. The quantitative estimate of drug-likeness (QED) is 0.381. The first-order valence-electron chi connectivity index (χ1n) is 14.2. The van der Waals surface area contributed by atoms with E-state index in [1.807, 2.05) is 25.9 Å². The third kappa shape index (κ3) is 4.16. The Kier molecular flexibility index (Phi) is 6.97. The van der Waals surface area contributed by atoms with Gasteiger partial charge in [0.15, 0.2) is 0 Å². The van der Waals surface area contributed by atoms with Gasteiger partial charge in [0.2, 0.25) is 0 Å². The van der Waals surface area contributed by atoms with Crippen LogP contribution in [0.4, 0.5) is 11.4 Å². The molecule has 0 radical (unpaired) electrons. The number of benzene rings is 2. The molecule has 0 aliphatic heterocycles. The number of anilines is 2. The number of rotatable bonds is 6.